The Morgan fingerprint density at radius 2 is 2.58 bits per heavy atom. The summed E-state index contributed by atoms with van der Waals surface area (Å²) in [4.78, 5) is 3.90. The summed E-state index contributed by atoms with van der Waals surface area (Å²) in [7, 11) is 0. The lowest BCUT2D eigenvalue weighted by atomic mass is 10.3. The molecule has 1 rings (SSSR count). The Kier molecular flexibility index (Phi) is 3.16. The van der Waals surface area contributed by atoms with Gasteiger partial charge in [-0.2, -0.15) is 5.10 Å². The van der Waals surface area contributed by atoms with E-state index in [2.05, 4.69) is 27.7 Å². The Balaban J connectivity index is 2.52. The van der Waals surface area contributed by atoms with Crippen molar-refractivity contribution in [1.29, 1.82) is 0 Å². The molecule has 0 aliphatic heterocycles. The van der Waals surface area contributed by atoms with Gasteiger partial charge in [0.15, 0.2) is 5.11 Å². The van der Waals surface area contributed by atoms with Gasteiger partial charge in [0.2, 0.25) is 0 Å². The van der Waals surface area contributed by atoms with Gasteiger partial charge in [0.25, 0.3) is 0 Å². The lowest BCUT2D eigenvalue weighted by Crippen LogP contribution is -2.23. The Morgan fingerprint density at radius 3 is 3.17 bits per heavy atom. The third-order valence-corrected chi connectivity index (χ3v) is 1.16. The summed E-state index contributed by atoms with van der Waals surface area (Å²) in [5.74, 6) is 0. The van der Waals surface area contributed by atoms with Crippen LogP contribution in [0.4, 0.5) is 0 Å². The van der Waals surface area contributed by atoms with E-state index in [4.69, 9.17) is 5.73 Å². The fourth-order valence-electron chi connectivity index (χ4n) is 0.623. The number of nitrogens with one attached hydrogen (secondary N) is 1. The molecule has 0 fully saturated rings. The first-order valence-electron chi connectivity index (χ1n) is 3.27. The third kappa shape index (κ3) is 3.07. The molecule has 1 heterocycles. The molecule has 5 heteroatoms. The molecule has 0 aliphatic carbocycles. The maximum Gasteiger partial charge on any atom is 0.184 e. The molecule has 4 nitrogen and oxygen atoms in total. The second kappa shape index (κ2) is 4.40. The van der Waals surface area contributed by atoms with Gasteiger partial charge >= 0.3 is 0 Å². The van der Waals surface area contributed by atoms with Crippen LogP contribution in [-0.2, 0) is 0 Å². The van der Waals surface area contributed by atoms with Crippen LogP contribution in [0, 0.1) is 0 Å². The van der Waals surface area contributed by atoms with Crippen molar-refractivity contribution in [3.63, 3.8) is 0 Å². The van der Waals surface area contributed by atoms with Crippen molar-refractivity contribution in [2.75, 3.05) is 0 Å². The largest absolute Gasteiger partial charge is 0.375 e. The predicted octanol–water partition coefficient (Wildman–Crippen LogP) is 0.249. The molecular weight excluding hydrogens is 172 g/mol. The van der Waals surface area contributed by atoms with Crippen molar-refractivity contribution < 1.29 is 0 Å². The van der Waals surface area contributed by atoms with Crippen molar-refractivity contribution >= 4 is 23.5 Å². The van der Waals surface area contributed by atoms with E-state index >= 15 is 0 Å². The van der Waals surface area contributed by atoms with Gasteiger partial charge in [-0.3, -0.25) is 10.4 Å². The number of nitrogens with two attached hydrogens (primary N) is 1. The van der Waals surface area contributed by atoms with Gasteiger partial charge in [-0.1, -0.05) is 6.07 Å². The van der Waals surface area contributed by atoms with Crippen LogP contribution >= 0.6 is 12.2 Å². The minimum Gasteiger partial charge on any atom is -0.375 e. The van der Waals surface area contributed by atoms with Crippen molar-refractivity contribution in [2.24, 2.45) is 10.8 Å². The number of pyridine rings is 1. The molecule has 0 spiro atoms. The molecule has 3 N–H and O–H groups in total. The van der Waals surface area contributed by atoms with Crippen molar-refractivity contribution in [3.8, 4) is 0 Å². The molecule has 0 amide bonds. The van der Waals surface area contributed by atoms with E-state index in [0.717, 1.165) is 5.56 Å². The molecular formula is C7H8N4S. The fourth-order valence-corrected chi connectivity index (χ4v) is 0.675. The van der Waals surface area contributed by atoms with Gasteiger partial charge in [0, 0.05) is 18.0 Å². The Hall–Kier alpha value is -1.49. The van der Waals surface area contributed by atoms with Gasteiger partial charge in [-0.15, -0.1) is 0 Å². The van der Waals surface area contributed by atoms with E-state index in [1.807, 2.05) is 12.1 Å². The normalized spacial score (nSPS) is 10.0. The summed E-state index contributed by atoms with van der Waals surface area (Å²) >= 11 is 4.55. The Morgan fingerprint density at radius 1 is 1.75 bits per heavy atom. The number of thiocarbonyl (C=S) groups is 1. The minimum absolute atomic E-state index is 0.148. The van der Waals surface area contributed by atoms with Crippen LogP contribution in [0.15, 0.2) is 29.6 Å². The minimum atomic E-state index is 0.148. The number of hydrogen-bond donors (Lipinski definition) is 2. The summed E-state index contributed by atoms with van der Waals surface area (Å²) in [5.41, 5.74) is 8.48. The summed E-state index contributed by atoms with van der Waals surface area (Å²) in [6.45, 7) is 0. The van der Waals surface area contributed by atoms with Crippen LogP contribution < -0.4 is 11.2 Å². The predicted molar refractivity (Wildman–Crippen MR) is 51.8 cm³/mol. The van der Waals surface area contributed by atoms with E-state index in [9.17, 15) is 0 Å². The Labute approximate surface area is 75.5 Å². The quantitative estimate of drug-likeness (QED) is 0.389. The van der Waals surface area contributed by atoms with Gasteiger partial charge in [0.05, 0.1) is 6.21 Å². The number of nitrogens with zero attached hydrogens (tertiary/aromatic N) is 2. The molecule has 12 heavy (non-hydrogen) atoms. The average molecular weight is 180 g/mol. The lowest BCUT2D eigenvalue weighted by Gasteiger charge is -1.93. The average Bonchev–Trinajstić information content (AvgIpc) is 2.05. The zero-order chi connectivity index (χ0) is 8.81. The standard InChI is InChI=1S/C7H8N4S/c8-7(12)11-10-5-6-2-1-3-9-4-6/h1-5H,(H3,8,11,12)/b10-5-. The molecule has 0 saturated heterocycles. The molecule has 0 aromatic carbocycles. The highest BCUT2D eigenvalue weighted by Crippen LogP contribution is 1.89. The molecule has 0 aliphatic rings. The second-order valence-electron chi connectivity index (χ2n) is 2.02. The summed E-state index contributed by atoms with van der Waals surface area (Å²) in [5, 5.41) is 3.91. The van der Waals surface area contributed by atoms with E-state index in [0.29, 0.717) is 0 Å². The van der Waals surface area contributed by atoms with Crippen LogP contribution in [0.2, 0.25) is 0 Å². The van der Waals surface area contributed by atoms with Crippen molar-refractivity contribution in [3.05, 3.63) is 30.1 Å². The van der Waals surface area contributed by atoms with Crippen LogP contribution in [0.5, 0.6) is 0 Å². The molecule has 0 bridgehead atoms. The molecule has 1 aromatic rings. The zero-order valence-corrected chi connectivity index (χ0v) is 7.08. The van der Waals surface area contributed by atoms with Crippen LogP contribution in [-0.4, -0.2) is 16.3 Å². The third-order valence-electron chi connectivity index (χ3n) is 1.07. The smallest absolute Gasteiger partial charge is 0.184 e. The van der Waals surface area contributed by atoms with Gasteiger partial charge in [-0.25, -0.2) is 0 Å². The second-order valence-corrected chi connectivity index (χ2v) is 2.46. The first-order valence-corrected chi connectivity index (χ1v) is 3.68. The van der Waals surface area contributed by atoms with Crippen LogP contribution in [0.25, 0.3) is 0 Å². The number of rotatable bonds is 2. The highest BCUT2D eigenvalue weighted by atomic mass is 32.1. The maximum absolute atomic E-state index is 5.15. The van der Waals surface area contributed by atoms with Gasteiger partial charge in [0.1, 0.15) is 0 Å². The first kappa shape index (κ1) is 8.61. The molecule has 0 radical (unpaired) electrons. The molecule has 0 unspecified atom stereocenters. The zero-order valence-electron chi connectivity index (χ0n) is 6.27. The molecule has 62 valence electrons. The summed E-state index contributed by atoms with van der Waals surface area (Å²) in [6.07, 6.45) is 4.97. The number of aromatic nitrogens is 1. The van der Waals surface area contributed by atoms with E-state index in [1.165, 1.54) is 0 Å². The van der Waals surface area contributed by atoms with E-state index in [1.54, 1.807) is 18.6 Å². The van der Waals surface area contributed by atoms with Crippen LogP contribution in [0.1, 0.15) is 5.56 Å². The highest BCUT2D eigenvalue weighted by Gasteiger charge is 1.83. The monoisotopic (exact) mass is 180 g/mol. The molecule has 1 aromatic heterocycles. The lowest BCUT2D eigenvalue weighted by molar-refractivity contribution is 1.04. The van der Waals surface area contributed by atoms with Gasteiger partial charge < -0.3 is 5.73 Å². The number of hydrogen-bond acceptors (Lipinski definition) is 3. The summed E-state index contributed by atoms with van der Waals surface area (Å²) < 4.78 is 0. The fraction of sp³-hybridized carbons (Fsp3) is 0. The van der Waals surface area contributed by atoms with Gasteiger partial charge in [-0.05, 0) is 18.3 Å². The SMILES string of the molecule is NC(=S)N/N=C\c1cccnc1. The molecule has 0 atom stereocenters. The van der Waals surface area contributed by atoms with E-state index < -0.39 is 0 Å². The van der Waals surface area contributed by atoms with Crippen molar-refractivity contribution in [1.82, 2.24) is 10.4 Å². The first-order chi connectivity index (χ1) is 5.79. The topological polar surface area (TPSA) is 63.3 Å². The van der Waals surface area contributed by atoms with Crippen LogP contribution in [0.3, 0.4) is 0 Å². The van der Waals surface area contributed by atoms with Crippen molar-refractivity contribution in [2.45, 2.75) is 0 Å². The molecule has 0 saturated carbocycles. The highest BCUT2D eigenvalue weighted by molar-refractivity contribution is 7.80. The summed E-state index contributed by atoms with van der Waals surface area (Å²) in [6, 6.07) is 3.69. The maximum atomic E-state index is 5.15. The van der Waals surface area contributed by atoms with E-state index in [-0.39, 0.29) is 5.11 Å². The number of hydrazone groups is 1. The Bertz CT molecular complexity index is 283.